The van der Waals surface area contributed by atoms with E-state index >= 15 is 0 Å². The molecule has 0 radical (unpaired) electrons. The van der Waals surface area contributed by atoms with Gasteiger partial charge in [-0.05, 0) is 55.5 Å². The van der Waals surface area contributed by atoms with Gasteiger partial charge < -0.3 is 5.32 Å². The fourth-order valence-electron chi connectivity index (χ4n) is 3.09. The summed E-state index contributed by atoms with van der Waals surface area (Å²) in [5.41, 5.74) is 2.48. The highest BCUT2D eigenvalue weighted by Gasteiger charge is 2.21. The van der Waals surface area contributed by atoms with Crippen LogP contribution in [0, 0.1) is 18.3 Å². The summed E-state index contributed by atoms with van der Waals surface area (Å²) in [4.78, 5) is 8.72. The molecule has 0 bridgehead atoms. The number of aromatic nitrogens is 2. The maximum absolute atomic E-state index is 13.0. The van der Waals surface area contributed by atoms with Crippen molar-refractivity contribution in [3.8, 4) is 17.3 Å². The summed E-state index contributed by atoms with van der Waals surface area (Å²) >= 11 is 12.0. The molecule has 0 aliphatic heterocycles. The molecule has 170 valence electrons. The van der Waals surface area contributed by atoms with E-state index in [9.17, 15) is 13.7 Å². The predicted octanol–water partition coefficient (Wildman–Crippen LogP) is 6.17. The van der Waals surface area contributed by atoms with Gasteiger partial charge in [-0.1, -0.05) is 53.0 Å². The van der Waals surface area contributed by atoms with Crippen LogP contribution >= 0.6 is 23.2 Å². The maximum Gasteiger partial charge on any atom is 0.264 e. The summed E-state index contributed by atoms with van der Waals surface area (Å²) in [5.74, 6) is -0.0626. The van der Waals surface area contributed by atoms with Crippen LogP contribution in [0.5, 0.6) is 0 Å². The molecule has 10 heteroatoms. The van der Waals surface area contributed by atoms with Crippen molar-refractivity contribution in [2.24, 2.45) is 0 Å². The van der Waals surface area contributed by atoms with Gasteiger partial charge in [0.2, 0.25) is 5.95 Å². The molecule has 0 aliphatic carbocycles. The van der Waals surface area contributed by atoms with Crippen LogP contribution in [0.4, 0.5) is 17.5 Å². The quantitative estimate of drug-likeness (QED) is 0.321. The average molecular weight is 510 g/mol. The van der Waals surface area contributed by atoms with E-state index in [1.54, 1.807) is 60.7 Å². The lowest BCUT2D eigenvalue weighted by atomic mass is 10.1. The van der Waals surface area contributed by atoms with Crippen LogP contribution in [0.25, 0.3) is 11.3 Å². The molecule has 4 aromatic rings. The molecule has 0 saturated carbocycles. The molecule has 0 fully saturated rings. The van der Waals surface area contributed by atoms with E-state index in [4.69, 9.17) is 23.2 Å². The van der Waals surface area contributed by atoms with Gasteiger partial charge in [-0.15, -0.1) is 0 Å². The molecule has 0 spiro atoms. The highest BCUT2D eigenvalue weighted by atomic mass is 35.5. The van der Waals surface area contributed by atoms with Crippen molar-refractivity contribution in [1.29, 1.82) is 5.26 Å². The number of nitrogens with zero attached hydrogens (tertiary/aromatic N) is 3. The third-order valence-corrected chi connectivity index (χ3v) is 6.65. The first-order chi connectivity index (χ1) is 16.2. The first-order valence-electron chi connectivity index (χ1n) is 9.95. The number of rotatable bonds is 6. The summed E-state index contributed by atoms with van der Waals surface area (Å²) in [7, 11) is -3.97. The fourth-order valence-corrected chi connectivity index (χ4v) is 4.28. The molecule has 4 rings (SSSR count). The number of hydrogen-bond donors (Lipinski definition) is 2. The standard InChI is InChI=1S/C24H17Cl2N5O2S/c1-15-2-12-20(13-3-15)34(32,33)31-24-29-22(16-4-6-17(25)7-5-16)21(14-27)23(30-24)28-19-10-8-18(26)9-11-19/h2-13H,1H3,(H2,28,29,30,31). The minimum atomic E-state index is -3.97. The molecule has 1 heterocycles. The van der Waals surface area contributed by atoms with Crippen molar-refractivity contribution < 1.29 is 8.42 Å². The summed E-state index contributed by atoms with van der Waals surface area (Å²) < 4.78 is 28.3. The van der Waals surface area contributed by atoms with Crippen LogP contribution in [-0.2, 0) is 10.0 Å². The zero-order valence-corrected chi connectivity index (χ0v) is 20.1. The van der Waals surface area contributed by atoms with Crippen LogP contribution in [0.15, 0.2) is 77.7 Å². The monoisotopic (exact) mass is 509 g/mol. The lowest BCUT2D eigenvalue weighted by Gasteiger charge is -2.14. The van der Waals surface area contributed by atoms with E-state index in [1.165, 1.54) is 12.1 Å². The van der Waals surface area contributed by atoms with E-state index in [1.807, 2.05) is 6.92 Å². The Morgan fingerprint density at radius 3 is 2.03 bits per heavy atom. The van der Waals surface area contributed by atoms with Gasteiger partial charge in [0.15, 0.2) is 5.82 Å². The van der Waals surface area contributed by atoms with Gasteiger partial charge in [0.1, 0.15) is 11.6 Å². The molecule has 0 amide bonds. The molecule has 34 heavy (non-hydrogen) atoms. The normalized spacial score (nSPS) is 11.0. The van der Waals surface area contributed by atoms with Crippen LogP contribution in [0.2, 0.25) is 10.0 Å². The van der Waals surface area contributed by atoms with Gasteiger partial charge in [0, 0.05) is 21.3 Å². The number of aryl methyl sites for hydroxylation is 1. The third kappa shape index (κ3) is 5.29. The van der Waals surface area contributed by atoms with Gasteiger partial charge in [0.05, 0.1) is 10.6 Å². The highest BCUT2D eigenvalue weighted by molar-refractivity contribution is 7.92. The van der Waals surface area contributed by atoms with Crippen molar-refractivity contribution >= 4 is 50.7 Å². The number of sulfonamides is 1. The Labute approximate surface area is 207 Å². The number of anilines is 3. The molecule has 0 atom stereocenters. The van der Waals surface area contributed by atoms with E-state index < -0.39 is 10.0 Å². The van der Waals surface area contributed by atoms with Crippen LogP contribution in [-0.4, -0.2) is 18.4 Å². The first kappa shape index (κ1) is 23.5. The molecular weight excluding hydrogens is 493 g/mol. The van der Waals surface area contributed by atoms with E-state index in [-0.39, 0.29) is 27.9 Å². The van der Waals surface area contributed by atoms with Crippen LogP contribution in [0.1, 0.15) is 11.1 Å². The topological polar surface area (TPSA) is 108 Å². The zero-order valence-electron chi connectivity index (χ0n) is 17.8. The Morgan fingerprint density at radius 1 is 0.853 bits per heavy atom. The Bertz CT molecular complexity index is 1480. The summed E-state index contributed by atoms with van der Waals surface area (Å²) in [5, 5.41) is 14.0. The van der Waals surface area contributed by atoms with Gasteiger partial charge in [0.25, 0.3) is 10.0 Å². The molecule has 3 aromatic carbocycles. The Kier molecular flexibility index (Phi) is 6.70. The summed E-state index contributed by atoms with van der Waals surface area (Å²) in [6.45, 7) is 1.86. The molecule has 2 N–H and O–H groups in total. The molecular formula is C24H17Cl2N5O2S. The summed E-state index contributed by atoms with van der Waals surface area (Å²) in [6, 6.07) is 22.0. The smallest absolute Gasteiger partial charge is 0.264 e. The molecule has 0 saturated heterocycles. The second-order valence-corrected chi connectivity index (χ2v) is 9.84. The maximum atomic E-state index is 13.0. The average Bonchev–Trinajstić information content (AvgIpc) is 2.81. The molecule has 0 aliphatic rings. The van der Waals surface area contributed by atoms with Crippen molar-refractivity contribution in [2.75, 3.05) is 10.0 Å². The minimum Gasteiger partial charge on any atom is -0.339 e. The zero-order chi connectivity index (χ0) is 24.3. The number of hydrogen-bond acceptors (Lipinski definition) is 6. The van der Waals surface area contributed by atoms with E-state index in [2.05, 4.69) is 26.1 Å². The first-order valence-corrected chi connectivity index (χ1v) is 12.2. The van der Waals surface area contributed by atoms with Gasteiger partial charge in [-0.25, -0.2) is 18.1 Å². The van der Waals surface area contributed by atoms with Crippen molar-refractivity contribution in [3.05, 3.63) is 94.0 Å². The number of halogens is 2. The molecule has 7 nitrogen and oxygen atoms in total. The third-order valence-electron chi connectivity index (χ3n) is 4.80. The van der Waals surface area contributed by atoms with Crippen LogP contribution < -0.4 is 10.0 Å². The lowest BCUT2D eigenvalue weighted by Crippen LogP contribution is -2.16. The number of benzene rings is 3. The lowest BCUT2D eigenvalue weighted by molar-refractivity contribution is 0.601. The highest BCUT2D eigenvalue weighted by Crippen LogP contribution is 2.31. The second-order valence-electron chi connectivity index (χ2n) is 7.29. The van der Waals surface area contributed by atoms with E-state index in [0.29, 0.717) is 21.3 Å². The van der Waals surface area contributed by atoms with E-state index in [0.717, 1.165) is 5.56 Å². The van der Waals surface area contributed by atoms with Gasteiger partial charge in [-0.2, -0.15) is 10.2 Å². The van der Waals surface area contributed by atoms with Crippen molar-refractivity contribution in [2.45, 2.75) is 11.8 Å². The number of nitriles is 1. The molecule has 0 unspecified atom stereocenters. The minimum absolute atomic E-state index is 0.0614. The van der Waals surface area contributed by atoms with Crippen molar-refractivity contribution in [1.82, 2.24) is 9.97 Å². The van der Waals surface area contributed by atoms with Gasteiger partial charge in [-0.3, -0.25) is 0 Å². The Hall–Kier alpha value is -3.64. The Balaban J connectivity index is 1.83. The van der Waals surface area contributed by atoms with Gasteiger partial charge >= 0.3 is 0 Å². The van der Waals surface area contributed by atoms with Crippen molar-refractivity contribution in [3.63, 3.8) is 0 Å². The Morgan fingerprint density at radius 2 is 1.44 bits per heavy atom. The number of nitrogens with one attached hydrogen (secondary N) is 2. The largest absolute Gasteiger partial charge is 0.339 e. The SMILES string of the molecule is Cc1ccc(S(=O)(=O)Nc2nc(Nc3ccc(Cl)cc3)c(C#N)c(-c3ccc(Cl)cc3)n2)cc1. The predicted molar refractivity (Wildman–Crippen MR) is 134 cm³/mol. The van der Waals surface area contributed by atoms with Crippen LogP contribution in [0.3, 0.4) is 0 Å². The summed E-state index contributed by atoms with van der Waals surface area (Å²) in [6.07, 6.45) is 0. The fraction of sp³-hybridized carbons (Fsp3) is 0.0417. The molecule has 1 aromatic heterocycles. The second kappa shape index (κ2) is 9.69.